The van der Waals surface area contributed by atoms with E-state index in [1.165, 1.54) is 24.0 Å². The van der Waals surface area contributed by atoms with Gasteiger partial charge in [0.05, 0.1) is 0 Å². The van der Waals surface area contributed by atoms with Crippen LogP contribution in [0.3, 0.4) is 0 Å². The summed E-state index contributed by atoms with van der Waals surface area (Å²) < 4.78 is 0. The van der Waals surface area contributed by atoms with E-state index >= 15 is 0 Å². The fourth-order valence-corrected chi connectivity index (χ4v) is 2.71. The molecule has 1 aromatic carbocycles. The third-order valence-electron chi connectivity index (χ3n) is 3.59. The first kappa shape index (κ1) is 11.0. The second-order valence-electron chi connectivity index (χ2n) is 5.09. The van der Waals surface area contributed by atoms with E-state index in [9.17, 15) is 0 Å². The maximum absolute atomic E-state index is 6.06. The first-order chi connectivity index (χ1) is 7.04. The highest BCUT2D eigenvalue weighted by Gasteiger charge is 2.31. The van der Waals surface area contributed by atoms with Gasteiger partial charge in [-0.15, -0.1) is 0 Å². The number of benzene rings is 1. The first-order valence-corrected chi connectivity index (χ1v) is 5.92. The van der Waals surface area contributed by atoms with E-state index in [1.807, 2.05) is 6.07 Å². The van der Waals surface area contributed by atoms with Crippen molar-refractivity contribution in [3.8, 4) is 0 Å². The average Bonchev–Trinajstić information content (AvgIpc) is 2.19. The molecule has 0 saturated heterocycles. The van der Waals surface area contributed by atoms with Crippen LogP contribution in [0.1, 0.15) is 43.7 Å². The average molecular weight is 224 g/mol. The number of nitrogens with two attached hydrogens (primary N) is 1. The van der Waals surface area contributed by atoms with Crippen molar-refractivity contribution in [2.24, 2.45) is 5.73 Å². The molecule has 2 N–H and O–H groups in total. The topological polar surface area (TPSA) is 26.0 Å². The molecule has 1 aromatic rings. The van der Waals surface area contributed by atoms with Crippen molar-refractivity contribution < 1.29 is 0 Å². The van der Waals surface area contributed by atoms with Crippen LogP contribution >= 0.6 is 11.6 Å². The van der Waals surface area contributed by atoms with Gasteiger partial charge in [0, 0.05) is 5.02 Å². The summed E-state index contributed by atoms with van der Waals surface area (Å²) in [5, 5.41) is 0.833. The molecule has 15 heavy (non-hydrogen) atoms. The molecule has 0 aliphatic heterocycles. The summed E-state index contributed by atoms with van der Waals surface area (Å²) in [5.41, 5.74) is 8.84. The minimum Gasteiger partial charge on any atom is -0.330 e. The molecule has 1 aliphatic rings. The highest BCUT2D eigenvalue weighted by Crippen LogP contribution is 2.42. The van der Waals surface area contributed by atoms with Crippen LogP contribution in [-0.2, 0) is 5.41 Å². The number of hydrogen-bond donors (Lipinski definition) is 1. The van der Waals surface area contributed by atoms with E-state index in [0.717, 1.165) is 11.6 Å². The summed E-state index contributed by atoms with van der Waals surface area (Å²) in [4.78, 5) is 0. The summed E-state index contributed by atoms with van der Waals surface area (Å²) in [7, 11) is 0. The smallest absolute Gasteiger partial charge is 0.0409 e. The number of rotatable bonds is 1. The summed E-state index contributed by atoms with van der Waals surface area (Å²) >= 11 is 6.06. The Morgan fingerprint density at radius 1 is 1.47 bits per heavy atom. The summed E-state index contributed by atoms with van der Waals surface area (Å²) in [6.45, 7) is 5.31. The Kier molecular flexibility index (Phi) is 2.78. The Bertz CT molecular complexity index is 371. The Labute approximate surface area is 96.6 Å². The van der Waals surface area contributed by atoms with E-state index < -0.39 is 0 Å². The SMILES string of the molecule is CC1(C)CCC(CN)c2ccc(Cl)cc21. The van der Waals surface area contributed by atoms with Crippen molar-refractivity contribution in [1.29, 1.82) is 0 Å². The zero-order valence-corrected chi connectivity index (χ0v) is 10.1. The largest absolute Gasteiger partial charge is 0.330 e. The molecule has 0 saturated carbocycles. The van der Waals surface area contributed by atoms with Gasteiger partial charge in [0.1, 0.15) is 0 Å². The maximum atomic E-state index is 6.06. The Morgan fingerprint density at radius 2 is 2.20 bits per heavy atom. The number of halogens is 1. The molecule has 0 heterocycles. The molecule has 2 heteroatoms. The van der Waals surface area contributed by atoms with Gasteiger partial charge in [-0.05, 0) is 54.0 Å². The second-order valence-corrected chi connectivity index (χ2v) is 5.52. The van der Waals surface area contributed by atoms with Crippen LogP contribution in [0.2, 0.25) is 5.02 Å². The lowest BCUT2D eigenvalue weighted by molar-refractivity contribution is 0.394. The van der Waals surface area contributed by atoms with Crippen molar-refractivity contribution >= 4 is 11.6 Å². The molecule has 1 unspecified atom stereocenters. The number of hydrogen-bond acceptors (Lipinski definition) is 1. The normalized spacial score (nSPS) is 23.6. The molecular weight excluding hydrogens is 206 g/mol. The molecule has 1 nitrogen and oxygen atoms in total. The van der Waals surface area contributed by atoms with E-state index in [-0.39, 0.29) is 5.41 Å². The maximum Gasteiger partial charge on any atom is 0.0409 e. The highest BCUT2D eigenvalue weighted by atomic mass is 35.5. The Morgan fingerprint density at radius 3 is 2.87 bits per heavy atom. The minimum atomic E-state index is 0.242. The second kappa shape index (κ2) is 3.80. The molecule has 0 amide bonds. The van der Waals surface area contributed by atoms with Crippen molar-refractivity contribution in [2.75, 3.05) is 6.54 Å². The third-order valence-corrected chi connectivity index (χ3v) is 3.82. The van der Waals surface area contributed by atoms with Gasteiger partial charge in [-0.1, -0.05) is 31.5 Å². The summed E-state index contributed by atoms with van der Waals surface area (Å²) in [6, 6.07) is 6.24. The monoisotopic (exact) mass is 223 g/mol. The van der Waals surface area contributed by atoms with Gasteiger partial charge >= 0.3 is 0 Å². The minimum absolute atomic E-state index is 0.242. The standard InChI is InChI=1S/C13H18ClN/c1-13(2)6-5-9(8-15)11-4-3-10(14)7-12(11)13/h3-4,7,9H,5-6,8,15H2,1-2H3. The molecule has 0 aromatic heterocycles. The van der Waals surface area contributed by atoms with Gasteiger partial charge in [-0.25, -0.2) is 0 Å². The van der Waals surface area contributed by atoms with E-state index in [4.69, 9.17) is 17.3 Å². The third kappa shape index (κ3) is 1.91. The van der Waals surface area contributed by atoms with Crippen molar-refractivity contribution in [1.82, 2.24) is 0 Å². The van der Waals surface area contributed by atoms with Crippen LogP contribution in [-0.4, -0.2) is 6.54 Å². The predicted octanol–water partition coefficient (Wildman–Crippen LogP) is 3.45. The summed E-state index contributed by atoms with van der Waals surface area (Å²) in [6.07, 6.45) is 2.39. The van der Waals surface area contributed by atoms with Crippen LogP contribution in [0, 0.1) is 0 Å². The van der Waals surface area contributed by atoms with Crippen LogP contribution in [0.15, 0.2) is 18.2 Å². The van der Waals surface area contributed by atoms with E-state index in [1.54, 1.807) is 0 Å². The van der Waals surface area contributed by atoms with Crippen molar-refractivity contribution in [3.05, 3.63) is 34.3 Å². The van der Waals surface area contributed by atoms with Crippen LogP contribution in [0.4, 0.5) is 0 Å². The molecule has 0 bridgehead atoms. The van der Waals surface area contributed by atoms with Crippen molar-refractivity contribution in [3.63, 3.8) is 0 Å². The van der Waals surface area contributed by atoms with E-state index in [0.29, 0.717) is 5.92 Å². The van der Waals surface area contributed by atoms with Gasteiger partial charge < -0.3 is 5.73 Å². The lowest BCUT2D eigenvalue weighted by atomic mass is 9.69. The molecule has 0 radical (unpaired) electrons. The lowest BCUT2D eigenvalue weighted by Crippen LogP contribution is -2.29. The van der Waals surface area contributed by atoms with Gasteiger partial charge in [0.15, 0.2) is 0 Å². The van der Waals surface area contributed by atoms with Gasteiger partial charge in [-0.2, -0.15) is 0 Å². The molecule has 0 fully saturated rings. The van der Waals surface area contributed by atoms with E-state index in [2.05, 4.69) is 26.0 Å². The lowest BCUT2D eigenvalue weighted by Gasteiger charge is -2.36. The molecule has 1 aliphatic carbocycles. The molecule has 2 rings (SSSR count). The van der Waals surface area contributed by atoms with Gasteiger partial charge in [-0.3, -0.25) is 0 Å². The molecule has 0 spiro atoms. The van der Waals surface area contributed by atoms with Gasteiger partial charge in [0.25, 0.3) is 0 Å². The van der Waals surface area contributed by atoms with Crippen LogP contribution in [0.25, 0.3) is 0 Å². The molecule has 82 valence electrons. The predicted molar refractivity (Wildman–Crippen MR) is 65.5 cm³/mol. The van der Waals surface area contributed by atoms with Crippen LogP contribution in [0.5, 0.6) is 0 Å². The highest BCUT2D eigenvalue weighted by molar-refractivity contribution is 6.30. The molecular formula is C13H18ClN. The zero-order valence-electron chi connectivity index (χ0n) is 9.39. The molecule has 1 atom stereocenters. The number of fused-ring (bicyclic) bond motifs is 1. The fourth-order valence-electron chi connectivity index (χ4n) is 2.54. The summed E-state index contributed by atoms with van der Waals surface area (Å²) in [5.74, 6) is 0.519. The first-order valence-electron chi connectivity index (χ1n) is 5.54. The van der Waals surface area contributed by atoms with Gasteiger partial charge in [0.2, 0.25) is 0 Å². The zero-order chi connectivity index (χ0) is 11.1. The Hall–Kier alpha value is -0.530. The fraction of sp³-hybridized carbons (Fsp3) is 0.538. The quantitative estimate of drug-likeness (QED) is 0.776. The Balaban J connectivity index is 2.53. The van der Waals surface area contributed by atoms with Crippen LogP contribution < -0.4 is 5.73 Å². The van der Waals surface area contributed by atoms with Crippen molar-refractivity contribution in [2.45, 2.75) is 38.0 Å².